The lowest BCUT2D eigenvalue weighted by Crippen LogP contribution is -2.10. The zero-order valence-corrected chi connectivity index (χ0v) is 11.5. The molecule has 22 heavy (non-hydrogen) atoms. The third-order valence-corrected chi connectivity index (χ3v) is 3.09. The Hall–Kier alpha value is -2.96. The van der Waals surface area contributed by atoms with Crippen LogP contribution in [0.25, 0.3) is 0 Å². The summed E-state index contributed by atoms with van der Waals surface area (Å²) in [5.41, 5.74) is 0.766. The van der Waals surface area contributed by atoms with Crippen molar-refractivity contribution in [1.29, 1.82) is 0 Å². The Morgan fingerprint density at radius 3 is 2.50 bits per heavy atom. The summed E-state index contributed by atoms with van der Waals surface area (Å²) in [6.45, 7) is 0.420. The fraction of sp³-hybridized carbons (Fsp3) is 0.133. The van der Waals surface area contributed by atoms with Gasteiger partial charge in [0, 0.05) is 24.4 Å². The van der Waals surface area contributed by atoms with Crippen molar-refractivity contribution >= 4 is 17.3 Å². The molecule has 0 saturated heterocycles. The SMILES string of the molecule is O=C(O)c1cc([N+](=O)[O-])ccc1NCCc1ccc(F)cc1. The summed E-state index contributed by atoms with van der Waals surface area (Å²) in [5, 5.41) is 22.7. The number of non-ortho nitro benzene ring substituents is 1. The van der Waals surface area contributed by atoms with Crippen LogP contribution in [0.1, 0.15) is 15.9 Å². The molecule has 0 spiro atoms. The Bertz CT molecular complexity index is 701. The lowest BCUT2D eigenvalue weighted by Gasteiger charge is -2.09. The highest BCUT2D eigenvalue weighted by Gasteiger charge is 2.15. The van der Waals surface area contributed by atoms with Gasteiger partial charge in [-0.05, 0) is 30.2 Å². The predicted octanol–water partition coefficient (Wildman–Crippen LogP) is 3.09. The summed E-state index contributed by atoms with van der Waals surface area (Å²) >= 11 is 0. The fourth-order valence-electron chi connectivity index (χ4n) is 1.97. The Morgan fingerprint density at radius 1 is 1.23 bits per heavy atom. The number of rotatable bonds is 6. The maximum absolute atomic E-state index is 12.8. The molecule has 0 aliphatic rings. The monoisotopic (exact) mass is 304 g/mol. The zero-order valence-electron chi connectivity index (χ0n) is 11.5. The van der Waals surface area contributed by atoms with Crippen molar-refractivity contribution in [1.82, 2.24) is 0 Å². The minimum absolute atomic E-state index is 0.159. The Labute approximate surface area is 125 Å². The smallest absolute Gasteiger partial charge is 0.338 e. The van der Waals surface area contributed by atoms with E-state index in [-0.39, 0.29) is 17.1 Å². The molecule has 0 atom stereocenters. The van der Waals surface area contributed by atoms with Crippen LogP contribution in [-0.4, -0.2) is 22.5 Å². The second kappa shape index (κ2) is 6.66. The summed E-state index contributed by atoms with van der Waals surface area (Å²) in [7, 11) is 0. The van der Waals surface area contributed by atoms with E-state index in [1.165, 1.54) is 24.3 Å². The van der Waals surface area contributed by atoms with Gasteiger partial charge < -0.3 is 10.4 Å². The van der Waals surface area contributed by atoms with Crippen LogP contribution >= 0.6 is 0 Å². The second-order valence-corrected chi connectivity index (χ2v) is 4.60. The molecule has 0 aromatic heterocycles. The minimum Gasteiger partial charge on any atom is -0.478 e. The van der Waals surface area contributed by atoms with Gasteiger partial charge in [-0.2, -0.15) is 0 Å². The Balaban J connectivity index is 2.07. The molecule has 2 aromatic carbocycles. The van der Waals surface area contributed by atoms with Gasteiger partial charge in [-0.3, -0.25) is 10.1 Å². The van der Waals surface area contributed by atoms with Crippen LogP contribution < -0.4 is 5.32 Å². The summed E-state index contributed by atoms with van der Waals surface area (Å²) < 4.78 is 12.8. The molecule has 0 aliphatic heterocycles. The largest absolute Gasteiger partial charge is 0.478 e. The standard InChI is InChI=1S/C15H13FN2O4/c16-11-3-1-10(2-4-11)7-8-17-14-6-5-12(18(21)22)9-13(14)15(19)20/h1-6,9,17H,7-8H2,(H,19,20). The van der Waals surface area contributed by atoms with Gasteiger partial charge in [0.1, 0.15) is 5.82 Å². The van der Waals surface area contributed by atoms with Crippen molar-refractivity contribution in [2.24, 2.45) is 0 Å². The number of carboxylic acids is 1. The maximum Gasteiger partial charge on any atom is 0.338 e. The third kappa shape index (κ3) is 3.78. The zero-order chi connectivity index (χ0) is 16.1. The predicted molar refractivity (Wildman–Crippen MR) is 78.6 cm³/mol. The number of nitro benzene ring substituents is 1. The van der Waals surface area contributed by atoms with E-state index in [2.05, 4.69) is 5.32 Å². The van der Waals surface area contributed by atoms with Crippen molar-refractivity contribution in [3.63, 3.8) is 0 Å². The molecule has 0 amide bonds. The molecule has 0 fully saturated rings. The van der Waals surface area contributed by atoms with Gasteiger partial charge in [-0.25, -0.2) is 9.18 Å². The van der Waals surface area contributed by atoms with Crippen LogP contribution in [0.15, 0.2) is 42.5 Å². The number of aromatic carboxylic acids is 1. The van der Waals surface area contributed by atoms with Crippen molar-refractivity contribution in [2.75, 3.05) is 11.9 Å². The molecule has 114 valence electrons. The normalized spacial score (nSPS) is 10.2. The average Bonchev–Trinajstić information content (AvgIpc) is 2.49. The van der Waals surface area contributed by atoms with Gasteiger partial charge in [-0.1, -0.05) is 12.1 Å². The first-order valence-electron chi connectivity index (χ1n) is 6.47. The molecule has 7 heteroatoms. The van der Waals surface area contributed by atoms with Gasteiger partial charge >= 0.3 is 5.97 Å². The third-order valence-electron chi connectivity index (χ3n) is 3.09. The first-order valence-corrected chi connectivity index (χ1v) is 6.47. The van der Waals surface area contributed by atoms with Gasteiger partial charge in [0.05, 0.1) is 10.5 Å². The quantitative estimate of drug-likeness (QED) is 0.632. The van der Waals surface area contributed by atoms with E-state index in [1.807, 2.05) is 0 Å². The number of hydrogen-bond donors (Lipinski definition) is 2. The summed E-state index contributed by atoms with van der Waals surface area (Å²) in [4.78, 5) is 21.2. The van der Waals surface area contributed by atoms with E-state index in [4.69, 9.17) is 5.11 Å². The molecule has 2 rings (SSSR count). The number of halogens is 1. The van der Waals surface area contributed by atoms with Crippen LogP contribution in [0.2, 0.25) is 0 Å². The number of nitrogens with one attached hydrogen (secondary N) is 1. The molecule has 0 bridgehead atoms. The number of nitro groups is 1. The van der Waals surface area contributed by atoms with Crippen molar-refractivity contribution in [3.05, 3.63) is 69.5 Å². The molecular weight excluding hydrogens is 291 g/mol. The molecule has 2 aromatic rings. The highest BCUT2D eigenvalue weighted by molar-refractivity contribution is 5.95. The van der Waals surface area contributed by atoms with E-state index in [9.17, 15) is 19.3 Å². The molecule has 0 radical (unpaired) electrons. The van der Waals surface area contributed by atoms with Crippen LogP contribution in [0.3, 0.4) is 0 Å². The maximum atomic E-state index is 12.8. The molecular formula is C15H13FN2O4. The summed E-state index contributed by atoms with van der Waals surface area (Å²) in [6, 6.07) is 9.62. The van der Waals surface area contributed by atoms with Gasteiger partial charge in [-0.15, -0.1) is 0 Å². The second-order valence-electron chi connectivity index (χ2n) is 4.60. The lowest BCUT2D eigenvalue weighted by atomic mass is 10.1. The first-order chi connectivity index (χ1) is 10.5. The fourth-order valence-corrected chi connectivity index (χ4v) is 1.97. The molecule has 0 heterocycles. The van der Waals surface area contributed by atoms with E-state index in [0.717, 1.165) is 11.6 Å². The van der Waals surface area contributed by atoms with Crippen molar-refractivity contribution in [3.8, 4) is 0 Å². The minimum atomic E-state index is -1.24. The van der Waals surface area contributed by atoms with Gasteiger partial charge in [0.15, 0.2) is 0 Å². The van der Waals surface area contributed by atoms with Crippen molar-refractivity contribution in [2.45, 2.75) is 6.42 Å². The van der Waals surface area contributed by atoms with Gasteiger partial charge in [0.2, 0.25) is 0 Å². The molecule has 0 aliphatic carbocycles. The summed E-state index contributed by atoms with van der Waals surface area (Å²) in [6.07, 6.45) is 0.566. The Kier molecular flexibility index (Phi) is 4.67. The van der Waals surface area contributed by atoms with Crippen molar-refractivity contribution < 1.29 is 19.2 Å². The lowest BCUT2D eigenvalue weighted by molar-refractivity contribution is -0.384. The highest BCUT2D eigenvalue weighted by Crippen LogP contribution is 2.22. The van der Waals surface area contributed by atoms with Gasteiger partial charge in [0.25, 0.3) is 5.69 Å². The molecule has 0 saturated carbocycles. The van der Waals surface area contributed by atoms with Crippen LogP contribution in [0.4, 0.5) is 15.8 Å². The molecule has 6 nitrogen and oxygen atoms in total. The number of carbonyl (C=O) groups is 1. The topological polar surface area (TPSA) is 92.5 Å². The molecule has 2 N–H and O–H groups in total. The molecule has 0 unspecified atom stereocenters. The van der Waals surface area contributed by atoms with Crippen LogP contribution in [0.5, 0.6) is 0 Å². The highest BCUT2D eigenvalue weighted by atomic mass is 19.1. The van der Waals surface area contributed by atoms with E-state index < -0.39 is 10.9 Å². The first kappa shape index (κ1) is 15.4. The summed E-state index contributed by atoms with van der Waals surface area (Å²) in [5.74, 6) is -1.56. The Morgan fingerprint density at radius 2 is 1.91 bits per heavy atom. The average molecular weight is 304 g/mol. The number of carboxylic acid groups (broad SMARTS) is 1. The van der Waals surface area contributed by atoms with Crippen LogP contribution in [-0.2, 0) is 6.42 Å². The number of nitrogens with zero attached hydrogens (tertiary/aromatic N) is 1. The van der Waals surface area contributed by atoms with E-state index in [1.54, 1.807) is 12.1 Å². The number of hydrogen-bond acceptors (Lipinski definition) is 4. The number of anilines is 1. The van der Waals surface area contributed by atoms with Crippen LogP contribution in [0, 0.1) is 15.9 Å². The number of benzene rings is 2. The van der Waals surface area contributed by atoms with E-state index >= 15 is 0 Å². The van der Waals surface area contributed by atoms with E-state index in [0.29, 0.717) is 18.7 Å².